The minimum absolute atomic E-state index is 0.166. The molecule has 2 nitrogen and oxygen atoms in total. The average Bonchev–Trinajstić information content (AvgIpc) is 2.59. The van der Waals surface area contributed by atoms with Crippen LogP contribution in [0.1, 0.15) is 44.7 Å². The first-order valence-corrected chi connectivity index (χ1v) is 6.92. The van der Waals surface area contributed by atoms with Crippen LogP contribution in [-0.4, -0.2) is 11.1 Å². The molecule has 0 unspecified atom stereocenters. The molecule has 2 rings (SSSR count). The molecule has 0 fully saturated rings. The molecule has 2 aromatic heterocycles. The number of hydrogen-bond donors (Lipinski definition) is 0. The first-order chi connectivity index (χ1) is 7.99. The Morgan fingerprint density at radius 1 is 1.24 bits per heavy atom. The Hall–Kier alpha value is -1.09. The van der Waals surface area contributed by atoms with E-state index < -0.39 is 0 Å². The van der Waals surface area contributed by atoms with Crippen LogP contribution < -0.4 is 4.74 Å². The van der Waals surface area contributed by atoms with Crippen LogP contribution in [0.3, 0.4) is 0 Å². The molecule has 2 heterocycles. The SMILES string of the molecule is Cc1csc2c(C(C)C)cc(OC(C)C)nc12. The number of rotatable bonds is 3. The number of thiophene rings is 1. The van der Waals surface area contributed by atoms with Crippen molar-refractivity contribution >= 4 is 21.6 Å². The predicted molar refractivity (Wildman–Crippen MR) is 74.2 cm³/mol. The second kappa shape index (κ2) is 4.65. The molecule has 0 bridgehead atoms. The van der Waals surface area contributed by atoms with Gasteiger partial charge in [-0.1, -0.05) is 13.8 Å². The third-order valence-electron chi connectivity index (χ3n) is 2.68. The monoisotopic (exact) mass is 249 g/mol. The van der Waals surface area contributed by atoms with Crippen LogP contribution in [-0.2, 0) is 0 Å². The van der Waals surface area contributed by atoms with Gasteiger partial charge in [-0.3, -0.25) is 0 Å². The van der Waals surface area contributed by atoms with E-state index in [0.29, 0.717) is 5.92 Å². The van der Waals surface area contributed by atoms with Crippen LogP contribution in [0.4, 0.5) is 0 Å². The summed E-state index contributed by atoms with van der Waals surface area (Å²) in [5, 5.41) is 2.17. The molecule has 92 valence electrons. The van der Waals surface area contributed by atoms with Crippen molar-refractivity contribution in [1.82, 2.24) is 4.98 Å². The smallest absolute Gasteiger partial charge is 0.214 e. The summed E-state index contributed by atoms with van der Waals surface area (Å²) in [7, 11) is 0. The molecule has 0 aliphatic heterocycles. The molecule has 0 radical (unpaired) electrons. The number of ether oxygens (including phenoxy) is 1. The molecule has 3 heteroatoms. The zero-order chi connectivity index (χ0) is 12.6. The van der Waals surface area contributed by atoms with Crippen molar-refractivity contribution < 1.29 is 4.74 Å². The van der Waals surface area contributed by atoms with E-state index in [1.165, 1.54) is 15.8 Å². The largest absolute Gasteiger partial charge is 0.475 e. The number of aromatic nitrogens is 1. The minimum Gasteiger partial charge on any atom is -0.475 e. The highest BCUT2D eigenvalue weighted by molar-refractivity contribution is 7.17. The molecule has 2 aromatic rings. The number of aryl methyl sites for hydroxylation is 1. The molecule has 0 saturated heterocycles. The van der Waals surface area contributed by atoms with E-state index in [1.807, 2.05) is 13.8 Å². The van der Waals surface area contributed by atoms with Crippen molar-refractivity contribution in [3.8, 4) is 5.88 Å². The first-order valence-electron chi connectivity index (χ1n) is 6.04. The third kappa shape index (κ3) is 2.44. The summed E-state index contributed by atoms with van der Waals surface area (Å²) in [5.41, 5.74) is 3.67. The van der Waals surface area contributed by atoms with Gasteiger partial charge in [-0.25, -0.2) is 4.98 Å². The predicted octanol–water partition coefficient (Wildman–Crippen LogP) is 4.52. The lowest BCUT2D eigenvalue weighted by Crippen LogP contribution is -2.07. The lowest BCUT2D eigenvalue weighted by atomic mass is 10.0. The topological polar surface area (TPSA) is 22.1 Å². The maximum Gasteiger partial charge on any atom is 0.214 e. The van der Waals surface area contributed by atoms with E-state index in [2.05, 4.69) is 37.2 Å². The maximum absolute atomic E-state index is 5.73. The van der Waals surface area contributed by atoms with E-state index in [9.17, 15) is 0 Å². The lowest BCUT2D eigenvalue weighted by Gasteiger charge is -2.13. The van der Waals surface area contributed by atoms with Crippen LogP contribution in [0.15, 0.2) is 11.4 Å². The van der Waals surface area contributed by atoms with E-state index in [4.69, 9.17) is 4.74 Å². The number of fused-ring (bicyclic) bond motifs is 1. The quantitative estimate of drug-likeness (QED) is 0.798. The van der Waals surface area contributed by atoms with Crippen LogP contribution in [0.2, 0.25) is 0 Å². The Morgan fingerprint density at radius 2 is 1.94 bits per heavy atom. The van der Waals surface area contributed by atoms with Crippen LogP contribution >= 0.6 is 11.3 Å². The van der Waals surface area contributed by atoms with E-state index >= 15 is 0 Å². The van der Waals surface area contributed by atoms with Gasteiger partial charge in [-0.2, -0.15) is 0 Å². The first kappa shape index (κ1) is 12.4. The summed E-state index contributed by atoms with van der Waals surface area (Å²) < 4.78 is 7.03. The zero-order valence-corrected chi connectivity index (χ0v) is 11.9. The van der Waals surface area contributed by atoms with Crippen LogP contribution in [0.5, 0.6) is 5.88 Å². The normalized spacial score (nSPS) is 11.7. The maximum atomic E-state index is 5.73. The molecule has 0 saturated carbocycles. The zero-order valence-electron chi connectivity index (χ0n) is 11.1. The molecular weight excluding hydrogens is 230 g/mol. The van der Waals surface area contributed by atoms with Gasteiger partial charge in [0.1, 0.15) is 0 Å². The van der Waals surface area contributed by atoms with Crippen molar-refractivity contribution in [2.45, 2.75) is 46.6 Å². The fraction of sp³-hybridized carbons (Fsp3) is 0.500. The molecule has 0 amide bonds. The summed E-state index contributed by atoms with van der Waals surface area (Å²) in [4.78, 5) is 4.61. The molecular formula is C14H19NOS. The average molecular weight is 249 g/mol. The van der Waals surface area contributed by atoms with Crippen LogP contribution in [0.25, 0.3) is 10.2 Å². The fourth-order valence-corrected chi connectivity index (χ4v) is 3.01. The van der Waals surface area contributed by atoms with Gasteiger partial charge in [-0.05, 0) is 43.2 Å². The van der Waals surface area contributed by atoms with Crippen molar-refractivity contribution in [2.75, 3.05) is 0 Å². The Bertz CT molecular complexity index is 528. The van der Waals surface area contributed by atoms with E-state index in [0.717, 1.165) is 11.4 Å². The van der Waals surface area contributed by atoms with Crippen molar-refractivity contribution in [2.24, 2.45) is 0 Å². The molecule has 0 atom stereocenters. The van der Waals surface area contributed by atoms with Crippen molar-refractivity contribution in [1.29, 1.82) is 0 Å². The Balaban J connectivity index is 2.60. The van der Waals surface area contributed by atoms with Gasteiger partial charge in [0.25, 0.3) is 0 Å². The van der Waals surface area contributed by atoms with Gasteiger partial charge < -0.3 is 4.74 Å². The third-order valence-corrected chi connectivity index (χ3v) is 3.82. The molecule has 0 N–H and O–H groups in total. The number of hydrogen-bond acceptors (Lipinski definition) is 3. The summed E-state index contributed by atoms with van der Waals surface area (Å²) in [6.45, 7) is 10.6. The Morgan fingerprint density at radius 3 is 2.53 bits per heavy atom. The second-order valence-corrected chi connectivity index (χ2v) is 5.85. The van der Waals surface area contributed by atoms with Crippen LogP contribution in [0, 0.1) is 6.92 Å². The summed E-state index contributed by atoms with van der Waals surface area (Å²) in [6.07, 6.45) is 0.166. The standard InChI is InChI=1S/C14H19NOS/c1-8(2)11-6-12(16-9(3)4)15-13-10(5)7-17-14(11)13/h6-9H,1-5H3. The van der Waals surface area contributed by atoms with Gasteiger partial charge in [0.05, 0.1) is 16.3 Å². The van der Waals surface area contributed by atoms with Crippen molar-refractivity contribution in [3.63, 3.8) is 0 Å². The summed E-state index contributed by atoms with van der Waals surface area (Å²) >= 11 is 1.78. The van der Waals surface area contributed by atoms with Gasteiger partial charge in [-0.15, -0.1) is 11.3 Å². The minimum atomic E-state index is 0.166. The molecule has 0 aliphatic rings. The molecule has 0 aliphatic carbocycles. The highest BCUT2D eigenvalue weighted by atomic mass is 32.1. The number of nitrogens with zero attached hydrogens (tertiary/aromatic N) is 1. The summed E-state index contributed by atoms with van der Waals surface area (Å²) in [5.74, 6) is 1.24. The van der Waals surface area contributed by atoms with Gasteiger partial charge in [0.2, 0.25) is 5.88 Å². The molecule has 0 aromatic carbocycles. The van der Waals surface area contributed by atoms with Crippen molar-refractivity contribution in [3.05, 3.63) is 22.6 Å². The Labute approximate surface area is 107 Å². The number of pyridine rings is 1. The highest BCUT2D eigenvalue weighted by Crippen LogP contribution is 2.34. The Kier molecular flexibility index (Phi) is 3.38. The molecule has 0 spiro atoms. The second-order valence-electron chi connectivity index (χ2n) is 4.97. The van der Waals surface area contributed by atoms with Gasteiger partial charge in [0, 0.05) is 6.07 Å². The molecule has 17 heavy (non-hydrogen) atoms. The fourth-order valence-electron chi connectivity index (χ4n) is 1.85. The van der Waals surface area contributed by atoms with Gasteiger partial charge in [0.15, 0.2) is 0 Å². The summed E-state index contributed by atoms with van der Waals surface area (Å²) in [6, 6.07) is 2.09. The van der Waals surface area contributed by atoms with Gasteiger partial charge >= 0.3 is 0 Å². The van der Waals surface area contributed by atoms with E-state index in [1.54, 1.807) is 11.3 Å². The van der Waals surface area contributed by atoms with E-state index in [-0.39, 0.29) is 6.10 Å². The highest BCUT2D eigenvalue weighted by Gasteiger charge is 2.13. The lowest BCUT2D eigenvalue weighted by molar-refractivity contribution is 0.233.